The Morgan fingerprint density at radius 3 is 2.22 bits per heavy atom. The van der Waals surface area contributed by atoms with E-state index in [4.69, 9.17) is 0 Å². The Morgan fingerprint density at radius 2 is 2.00 bits per heavy atom. The van der Waals surface area contributed by atoms with Crippen molar-refractivity contribution in [2.75, 3.05) is 0 Å². The Bertz CT molecular complexity index is 127. The third-order valence-corrected chi connectivity index (χ3v) is 1.03. The topological polar surface area (TPSA) is 12.0 Å². The van der Waals surface area contributed by atoms with Crippen molar-refractivity contribution in [3.05, 3.63) is 18.7 Å². The Hall–Kier alpha value is -0.510. The standard InChI is InChI=1S/C5H5F3N/c6-5(7,8)4-2-1-3-9-4/h1-4,9H. The number of alkyl halides is 3. The van der Waals surface area contributed by atoms with E-state index < -0.39 is 12.2 Å². The Balaban J connectivity index is 2.53. The first-order valence-electron chi connectivity index (χ1n) is 2.43. The molecular formula is C5H5F3N. The van der Waals surface area contributed by atoms with Crippen LogP contribution >= 0.6 is 0 Å². The number of halogens is 3. The minimum atomic E-state index is -4.15. The Kier molecular flexibility index (Phi) is 1.48. The largest absolute Gasteiger partial charge is 0.407 e. The fraction of sp³-hybridized carbons (Fsp3) is 0.400. The molecule has 1 rings (SSSR count). The van der Waals surface area contributed by atoms with Crippen molar-refractivity contribution in [3.63, 3.8) is 0 Å². The lowest BCUT2D eigenvalue weighted by Crippen LogP contribution is -2.35. The summed E-state index contributed by atoms with van der Waals surface area (Å²) in [4.78, 5) is 0. The maximum atomic E-state index is 11.6. The van der Waals surface area contributed by atoms with Crippen LogP contribution in [0.25, 0.3) is 0 Å². The molecule has 1 unspecified atom stereocenters. The van der Waals surface area contributed by atoms with Gasteiger partial charge in [-0.1, -0.05) is 12.2 Å². The highest BCUT2D eigenvalue weighted by Gasteiger charge is 2.38. The summed E-state index contributed by atoms with van der Waals surface area (Å²) >= 11 is 0. The maximum Gasteiger partial charge on any atom is 0.407 e. The second kappa shape index (κ2) is 2.02. The summed E-state index contributed by atoms with van der Waals surface area (Å²) < 4.78 is 34.9. The van der Waals surface area contributed by atoms with Crippen LogP contribution in [0.1, 0.15) is 0 Å². The summed E-state index contributed by atoms with van der Waals surface area (Å²) in [6.07, 6.45) is -1.73. The van der Waals surface area contributed by atoms with Gasteiger partial charge >= 0.3 is 6.18 Å². The van der Waals surface area contributed by atoms with E-state index in [-0.39, 0.29) is 0 Å². The SMILES string of the molecule is FC(F)(F)C1C=C[CH]N1. The summed E-state index contributed by atoms with van der Waals surface area (Å²) in [5, 5.41) is 2.14. The maximum absolute atomic E-state index is 11.6. The van der Waals surface area contributed by atoms with Crippen LogP contribution in [0.5, 0.6) is 0 Å². The second-order valence-electron chi connectivity index (χ2n) is 1.74. The smallest absolute Gasteiger partial charge is 0.295 e. The molecule has 1 N–H and O–H groups in total. The molecule has 0 aromatic heterocycles. The summed E-state index contributed by atoms with van der Waals surface area (Å²) in [5.74, 6) is 0. The molecule has 0 aromatic rings. The molecule has 9 heavy (non-hydrogen) atoms. The third kappa shape index (κ3) is 1.45. The third-order valence-electron chi connectivity index (χ3n) is 1.03. The molecule has 1 atom stereocenters. The van der Waals surface area contributed by atoms with Crippen LogP contribution in [-0.2, 0) is 0 Å². The van der Waals surface area contributed by atoms with Gasteiger partial charge in [-0.15, -0.1) is 0 Å². The lowest BCUT2D eigenvalue weighted by molar-refractivity contribution is -0.141. The highest BCUT2D eigenvalue weighted by Crippen LogP contribution is 2.23. The van der Waals surface area contributed by atoms with E-state index >= 15 is 0 Å². The van der Waals surface area contributed by atoms with E-state index in [0.29, 0.717) is 0 Å². The summed E-state index contributed by atoms with van der Waals surface area (Å²) in [6, 6.07) is -1.47. The van der Waals surface area contributed by atoms with Gasteiger partial charge in [-0.2, -0.15) is 13.2 Å². The number of rotatable bonds is 0. The minimum Gasteiger partial charge on any atom is -0.295 e. The molecule has 1 aliphatic heterocycles. The number of nitrogens with one attached hydrogen (secondary N) is 1. The van der Waals surface area contributed by atoms with Gasteiger partial charge < -0.3 is 0 Å². The molecule has 1 radical (unpaired) electrons. The molecule has 51 valence electrons. The first-order chi connectivity index (χ1) is 4.11. The van der Waals surface area contributed by atoms with Gasteiger partial charge in [0.25, 0.3) is 0 Å². The zero-order valence-corrected chi connectivity index (χ0v) is 4.44. The molecule has 0 aromatic carbocycles. The minimum absolute atomic E-state index is 1.07. The molecule has 0 aliphatic carbocycles. The van der Waals surface area contributed by atoms with Gasteiger partial charge in [-0.3, -0.25) is 5.32 Å². The normalized spacial score (nSPS) is 27.2. The number of hydrogen-bond donors (Lipinski definition) is 1. The zero-order chi connectivity index (χ0) is 6.91. The van der Waals surface area contributed by atoms with E-state index in [1.54, 1.807) is 0 Å². The monoisotopic (exact) mass is 136 g/mol. The van der Waals surface area contributed by atoms with Gasteiger partial charge in [0.1, 0.15) is 6.04 Å². The van der Waals surface area contributed by atoms with Gasteiger partial charge in [0.2, 0.25) is 0 Å². The molecule has 4 heteroatoms. The van der Waals surface area contributed by atoms with Gasteiger partial charge in [-0.05, 0) is 0 Å². The summed E-state index contributed by atoms with van der Waals surface area (Å²) in [7, 11) is 0. The van der Waals surface area contributed by atoms with Crippen LogP contribution < -0.4 is 5.32 Å². The number of hydrogen-bond acceptors (Lipinski definition) is 1. The highest BCUT2D eigenvalue weighted by molar-refractivity contribution is 5.11. The summed E-state index contributed by atoms with van der Waals surface area (Å²) in [6.45, 7) is 1.28. The average molecular weight is 136 g/mol. The first kappa shape index (κ1) is 6.61. The van der Waals surface area contributed by atoms with Crippen molar-refractivity contribution in [1.29, 1.82) is 0 Å². The van der Waals surface area contributed by atoms with Gasteiger partial charge in [0, 0.05) is 6.54 Å². The lowest BCUT2D eigenvalue weighted by atomic mass is 10.3. The molecule has 0 saturated carbocycles. The van der Waals surface area contributed by atoms with Crippen LogP contribution in [0.3, 0.4) is 0 Å². The summed E-state index contributed by atoms with van der Waals surface area (Å²) in [5.41, 5.74) is 0. The van der Waals surface area contributed by atoms with E-state index in [2.05, 4.69) is 5.32 Å². The molecule has 1 heterocycles. The van der Waals surface area contributed by atoms with Gasteiger partial charge in [0.05, 0.1) is 0 Å². The molecule has 0 amide bonds. The first-order valence-corrected chi connectivity index (χ1v) is 2.43. The van der Waals surface area contributed by atoms with Crippen LogP contribution in [0, 0.1) is 6.54 Å². The van der Waals surface area contributed by atoms with Crippen LogP contribution in [0.15, 0.2) is 12.2 Å². The van der Waals surface area contributed by atoms with Gasteiger partial charge in [0.15, 0.2) is 0 Å². The van der Waals surface area contributed by atoms with Crippen LogP contribution in [0.4, 0.5) is 13.2 Å². The van der Waals surface area contributed by atoms with Crippen LogP contribution in [-0.4, -0.2) is 12.2 Å². The molecule has 0 saturated heterocycles. The average Bonchev–Trinajstić information content (AvgIpc) is 2.08. The molecular weight excluding hydrogens is 131 g/mol. The predicted molar refractivity (Wildman–Crippen MR) is 26.4 cm³/mol. The second-order valence-corrected chi connectivity index (χ2v) is 1.74. The molecule has 1 aliphatic rings. The lowest BCUT2D eigenvalue weighted by Gasteiger charge is -2.12. The van der Waals surface area contributed by atoms with Crippen molar-refractivity contribution < 1.29 is 13.2 Å². The fourth-order valence-corrected chi connectivity index (χ4v) is 0.585. The van der Waals surface area contributed by atoms with E-state index in [1.807, 2.05) is 0 Å². The zero-order valence-electron chi connectivity index (χ0n) is 4.44. The highest BCUT2D eigenvalue weighted by atomic mass is 19.4. The quantitative estimate of drug-likeness (QED) is 0.528. The van der Waals surface area contributed by atoms with Crippen molar-refractivity contribution in [2.45, 2.75) is 12.2 Å². The molecule has 1 nitrogen and oxygen atoms in total. The van der Waals surface area contributed by atoms with E-state index in [9.17, 15) is 13.2 Å². The van der Waals surface area contributed by atoms with Crippen molar-refractivity contribution >= 4 is 0 Å². The van der Waals surface area contributed by atoms with E-state index in [1.165, 1.54) is 12.6 Å². The Labute approximate surface area is 50.6 Å². The van der Waals surface area contributed by atoms with E-state index in [0.717, 1.165) is 6.08 Å². The van der Waals surface area contributed by atoms with Crippen molar-refractivity contribution in [3.8, 4) is 0 Å². The molecule has 0 fully saturated rings. The molecule has 0 bridgehead atoms. The predicted octanol–water partition coefficient (Wildman–Crippen LogP) is 1.24. The van der Waals surface area contributed by atoms with Crippen molar-refractivity contribution in [2.24, 2.45) is 0 Å². The Morgan fingerprint density at radius 1 is 1.33 bits per heavy atom. The van der Waals surface area contributed by atoms with Crippen molar-refractivity contribution in [1.82, 2.24) is 5.32 Å². The van der Waals surface area contributed by atoms with Crippen LogP contribution in [0.2, 0.25) is 0 Å². The fourth-order valence-electron chi connectivity index (χ4n) is 0.585. The van der Waals surface area contributed by atoms with Gasteiger partial charge in [-0.25, -0.2) is 0 Å². The molecule has 0 spiro atoms.